The summed E-state index contributed by atoms with van der Waals surface area (Å²) >= 11 is 0. The summed E-state index contributed by atoms with van der Waals surface area (Å²) in [6, 6.07) is 14.5. The van der Waals surface area contributed by atoms with Crippen LogP contribution in [0, 0.1) is 11.3 Å². The number of benzene rings is 2. The first-order valence-electron chi connectivity index (χ1n) is 7.20. The van der Waals surface area contributed by atoms with Gasteiger partial charge in [-0.05, 0) is 49.4 Å². The highest BCUT2D eigenvalue weighted by Gasteiger charge is 2.17. The van der Waals surface area contributed by atoms with Crippen molar-refractivity contribution >= 4 is 11.9 Å². The lowest BCUT2D eigenvalue weighted by molar-refractivity contribution is -0.142. The van der Waals surface area contributed by atoms with E-state index in [4.69, 9.17) is 10.00 Å². The molecule has 2 aromatic rings. The summed E-state index contributed by atoms with van der Waals surface area (Å²) < 4.78 is 10.2. The Morgan fingerprint density at radius 1 is 1.12 bits per heavy atom. The van der Waals surface area contributed by atoms with Gasteiger partial charge in [0.05, 0.1) is 18.7 Å². The van der Waals surface area contributed by atoms with Crippen LogP contribution in [0.3, 0.4) is 0 Å². The minimum absolute atomic E-state index is 0.358. The number of hydrogen-bond acceptors (Lipinski definition) is 5. The Balaban J connectivity index is 2.09. The second-order valence-corrected chi connectivity index (χ2v) is 4.98. The molecule has 122 valence electrons. The van der Waals surface area contributed by atoms with Gasteiger partial charge in [0.2, 0.25) is 0 Å². The molecule has 6 nitrogen and oxygen atoms in total. The second-order valence-electron chi connectivity index (χ2n) is 4.98. The van der Waals surface area contributed by atoms with Crippen LogP contribution in [0.4, 0.5) is 0 Å². The number of nitriles is 1. The van der Waals surface area contributed by atoms with Crippen molar-refractivity contribution in [2.75, 3.05) is 7.11 Å². The van der Waals surface area contributed by atoms with Crippen molar-refractivity contribution in [3.63, 3.8) is 0 Å². The first-order valence-corrected chi connectivity index (χ1v) is 7.20. The fraction of sp³-hybridized carbons (Fsp3) is 0.167. The van der Waals surface area contributed by atoms with Gasteiger partial charge in [-0.15, -0.1) is 0 Å². The van der Waals surface area contributed by atoms with E-state index in [9.17, 15) is 9.59 Å². The van der Waals surface area contributed by atoms with Crippen molar-refractivity contribution in [3.05, 3.63) is 59.7 Å². The molecule has 0 radical (unpaired) electrons. The zero-order chi connectivity index (χ0) is 17.5. The fourth-order valence-electron chi connectivity index (χ4n) is 1.95. The molecule has 2 rings (SSSR count). The number of nitrogens with zero attached hydrogens (tertiary/aromatic N) is 1. The van der Waals surface area contributed by atoms with Gasteiger partial charge in [0.25, 0.3) is 5.91 Å². The molecule has 0 heterocycles. The van der Waals surface area contributed by atoms with E-state index in [0.717, 1.165) is 0 Å². The Morgan fingerprint density at radius 3 is 2.46 bits per heavy atom. The van der Waals surface area contributed by atoms with Gasteiger partial charge in [0, 0.05) is 5.56 Å². The summed E-state index contributed by atoms with van der Waals surface area (Å²) in [6.07, 6.45) is 0. The van der Waals surface area contributed by atoms with Crippen LogP contribution in [0.5, 0.6) is 11.5 Å². The number of carbonyl (C=O) groups excluding carboxylic acids is 2. The number of nitrogens with one attached hydrogen (secondary N) is 1. The topological polar surface area (TPSA) is 88.4 Å². The number of hydrogen-bond donors (Lipinski definition) is 1. The van der Waals surface area contributed by atoms with Crippen LogP contribution in [0.1, 0.15) is 22.8 Å². The highest BCUT2D eigenvalue weighted by atomic mass is 16.5. The van der Waals surface area contributed by atoms with Crippen LogP contribution >= 0.6 is 0 Å². The van der Waals surface area contributed by atoms with Gasteiger partial charge >= 0.3 is 5.97 Å². The number of amides is 1. The maximum atomic E-state index is 12.2. The van der Waals surface area contributed by atoms with Crippen molar-refractivity contribution in [3.8, 4) is 17.6 Å². The maximum absolute atomic E-state index is 12.2. The average Bonchev–Trinajstić information content (AvgIpc) is 2.61. The third-order valence-corrected chi connectivity index (χ3v) is 3.22. The summed E-state index contributed by atoms with van der Waals surface area (Å²) in [5, 5.41) is 11.3. The van der Waals surface area contributed by atoms with Crippen molar-refractivity contribution in [2.45, 2.75) is 13.0 Å². The normalized spacial score (nSPS) is 11.0. The van der Waals surface area contributed by atoms with Gasteiger partial charge in [0.1, 0.15) is 17.5 Å². The minimum atomic E-state index is -0.745. The molecular weight excluding hydrogens is 308 g/mol. The third-order valence-electron chi connectivity index (χ3n) is 3.22. The van der Waals surface area contributed by atoms with Crippen molar-refractivity contribution in [1.82, 2.24) is 5.32 Å². The predicted octanol–water partition coefficient (Wildman–Crippen LogP) is 2.64. The van der Waals surface area contributed by atoms with E-state index in [0.29, 0.717) is 22.6 Å². The number of rotatable bonds is 5. The minimum Gasteiger partial charge on any atom is -0.467 e. The molecule has 0 bridgehead atoms. The Kier molecular flexibility index (Phi) is 5.53. The quantitative estimate of drug-likeness (QED) is 0.854. The smallest absolute Gasteiger partial charge is 0.328 e. The van der Waals surface area contributed by atoms with E-state index < -0.39 is 17.9 Å². The van der Waals surface area contributed by atoms with Gasteiger partial charge in [0.15, 0.2) is 0 Å². The van der Waals surface area contributed by atoms with Crippen molar-refractivity contribution in [1.29, 1.82) is 5.26 Å². The molecule has 0 aliphatic rings. The molecule has 6 heteroatoms. The highest BCUT2D eigenvalue weighted by molar-refractivity contribution is 5.97. The largest absolute Gasteiger partial charge is 0.467 e. The Bertz CT molecular complexity index is 778. The van der Waals surface area contributed by atoms with E-state index >= 15 is 0 Å². The second kappa shape index (κ2) is 7.79. The SMILES string of the molecule is COC(=O)[C@H](C)NC(=O)c1cccc(Oc2ccc(C#N)cc2)c1. The first-order chi connectivity index (χ1) is 11.5. The standard InChI is InChI=1S/C18H16N2O4/c1-12(18(22)23-2)20-17(21)14-4-3-5-16(10-14)24-15-8-6-13(11-19)7-9-15/h3-10,12H,1-2H3,(H,20,21)/t12-/m0/s1. The van der Waals surface area contributed by atoms with Crippen LogP contribution in [-0.2, 0) is 9.53 Å². The highest BCUT2D eigenvalue weighted by Crippen LogP contribution is 2.22. The van der Waals surface area contributed by atoms with Crippen LogP contribution < -0.4 is 10.1 Å². The maximum Gasteiger partial charge on any atom is 0.328 e. The van der Waals surface area contributed by atoms with Gasteiger partial charge in [-0.25, -0.2) is 4.79 Å². The number of ether oxygens (including phenoxy) is 2. The molecular formula is C18H16N2O4. The van der Waals surface area contributed by atoms with Crippen LogP contribution in [0.2, 0.25) is 0 Å². The molecule has 0 aromatic heterocycles. The summed E-state index contributed by atoms with van der Waals surface area (Å²) in [4.78, 5) is 23.5. The molecule has 24 heavy (non-hydrogen) atoms. The molecule has 0 aliphatic carbocycles. The molecule has 2 aromatic carbocycles. The molecule has 1 amide bonds. The van der Waals surface area contributed by atoms with Crippen molar-refractivity contribution < 1.29 is 19.1 Å². The van der Waals surface area contributed by atoms with Gasteiger partial charge in [-0.2, -0.15) is 5.26 Å². The third kappa shape index (κ3) is 4.34. The molecule has 0 saturated heterocycles. The molecule has 0 fully saturated rings. The van der Waals surface area contributed by atoms with Crippen LogP contribution in [0.15, 0.2) is 48.5 Å². The molecule has 0 aliphatic heterocycles. The molecule has 1 atom stereocenters. The fourth-order valence-corrected chi connectivity index (χ4v) is 1.95. The van der Waals surface area contributed by atoms with E-state index in [1.54, 1.807) is 55.5 Å². The van der Waals surface area contributed by atoms with E-state index in [-0.39, 0.29) is 0 Å². The average molecular weight is 324 g/mol. The number of methoxy groups -OCH3 is 1. The summed E-state index contributed by atoms with van der Waals surface area (Å²) in [5.41, 5.74) is 0.893. The summed E-state index contributed by atoms with van der Waals surface area (Å²) in [6.45, 7) is 1.54. The molecule has 0 spiro atoms. The van der Waals surface area contributed by atoms with E-state index in [2.05, 4.69) is 10.1 Å². The van der Waals surface area contributed by atoms with Crippen LogP contribution in [0.25, 0.3) is 0 Å². The Labute approximate surface area is 139 Å². The van der Waals surface area contributed by atoms with E-state index in [1.807, 2.05) is 6.07 Å². The summed E-state index contributed by atoms with van der Waals surface area (Å²) in [5.74, 6) is 0.0964. The molecule has 0 unspecified atom stereocenters. The number of esters is 1. The zero-order valence-electron chi connectivity index (χ0n) is 13.3. The Hall–Kier alpha value is -3.33. The van der Waals surface area contributed by atoms with Crippen LogP contribution in [-0.4, -0.2) is 25.0 Å². The Morgan fingerprint density at radius 2 is 1.83 bits per heavy atom. The summed E-state index contributed by atoms with van der Waals surface area (Å²) in [7, 11) is 1.26. The monoisotopic (exact) mass is 324 g/mol. The van der Waals surface area contributed by atoms with Crippen molar-refractivity contribution in [2.24, 2.45) is 0 Å². The lowest BCUT2D eigenvalue weighted by Crippen LogP contribution is -2.39. The van der Waals surface area contributed by atoms with Gasteiger partial charge in [-0.1, -0.05) is 6.07 Å². The molecule has 0 saturated carbocycles. The van der Waals surface area contributed by atoms with Gasteiger partial charge < -0.3 is 14.8 Å². The predicted molar refractivity (Wildman–Crippen MR) is 86.6 cm³/mol. The van der Waals surface area contributed by atoms with Gasteiger partial charge in [-0.3, -0.25) is 4.79 Å². The zero-order valence-corrected chi connectivity index (χ0v) is 13.3. The molecule has 1 N–H and O–H groups in total. The van der Waals surface area contributed by atoms with E-state index in [1.165, 1.54) is 7.11 Å². The lowest BCUT2D eigenvalue weighted by atomic mass is 10.2. The first kappa shape index (κ1) is 17.0. The lowest BCUT2D eigenvalue weighted by Gasteiger charge is -2.12. The number of carbonyl (C=O) groups is 2.